The third kappa shape index (κ3) is 3.81. The molecule has 0 radical (unpaired) electrons. The highest BCUT2D eigenvalue weighted by Gasteiger charge is 2.25. The Labute approximate surface area is 148 Å². The number of halogens is 1. The lowest BCUT2D eigenvalue weighted by atomic mass is 9.87. The largest absolute Gasteiger partial charge is 0.349 e. The van der Waals surface area contributed by atoms with Gasteiger partial charge in [0.25, 0.3) is 5.91 Å². The Morgan fingerprint density at radius 2 is 1.92 bits per heavy atom. The number of hydrogen-bond donors (Lipinski definition) is 1. The lowest BCUT2D eigenvalue weighted by Gasteiger charge is -2.26. The fourth-order valence-electron chi connectivity index (χ4n) is 3.33. The van der Waals surface area contributed by atoms with Gasteiger partial charge in [-0.1, -0.05) is 48.9 Å². The van der Waals surface area contributed by atoms with Gasteiger partial charge in [-0.3, -0.25) is 4.79 Å². The van der Waals surface area contributed by atoms with Crippen molar-refractivity contribution < 1.29 is 4.79 Å². The van der Waals surface area contributed by atoms with Crippen LogP contribution in [0.2, 0.25) is 5.15 Å². The van der Waals surface area contributed by atoms with Gasteiger partial charge in [-0.2, -0.15) is 5.10 Å². The third-order valence-corrected chi connectivity index (χ3v) is 5.20. The second kappa shape index (κ2) is 7.39. The Balaban J connectivity index is 1.72. The van der Waals surface area contributed by atoms with Crippen LogP contribution >= 0.6 is 11.6 Å². The molecule has 0 bridgehead atoms. The molecule has 1 amide bonds. The zero-order valence-corrected chi connectivity index (χ0v) is 15.0. The number of nitrogens with zero attached hydrogens (tertiary/aromatic N) is 2. The van der Waals surface area contributed by atoms with Crippen LogP contribution in [0.1, 0.15) is 54.2 Å². The summed E-state index contributed by atoms with van der Waals surface area (Å²) in [4.78, 5) is 12.7. The highest BCUT2D eigenvalue weighted by molar-refractivity contribution is 6.33. The van der Waals surface area contributed by atoms with Gasteiger partial charge in [0.1, 0.15) is 5.15 Å². The normalized spacial score (nSPS) is 20.8. The molecule has 4 nitrogen and oxygen atoms in total. The summed E-state index contributed by atoms with van der Waals surface area (Å²) in [5.74, 6) is 0.661. The fraction of sp³-hybridized carbons (Fsp3) is 0.474. The number of amides is 1. The van der Waals surface area contributed by atoms with Crippen molar-refractivity contribution in [2.75, 3.05) is 0 Å². The van der Waals surface area contributed by atoms with E-state index in [1.165, 1.54) is 12.8 Å². The van der Waals surface area contributed by atoms with Crippen LogP contribution in [0.4, 0.5) is 0 Å². The molecule has 1 heterocycles. The average Bonchev–Trinajstić information content (AvgIpc) is 2.84. The first kappa shape index (κ1) is 17.0. The van der Waals surface area contributed by atoms with E-state index in [1.807, 2.05) is 37.3 Å². The van der Waals surface area contributed by atoms with Crippen molar-refractivity contribution in [3.8, 4) is 0 Å². The van der Waals surface area contributed by atoms with Crippen LogP contribution in [-0.2, 0) is 6.54 Å². The van der Waals surface area contributed by atoms with Gasteiger partial charge in [-0.15, -0.1) is 0 Å². The molecule has 24 heavy (non-hydrogen) atoms. The van der Waals surface area contributed by atoms with Gasteiger partial charge < -0.3 is 5.32 Å². The van der Waals surface area contributed by atoms with Crippen molar-refractivity contribution in [2.24, 2.45) is 5.92 Å². The minimum atomic E-state index is -0.101. The molecule has 1 aliphatic carbocycles. The number of aryl methyl sites for hydroxylation is 1. The van der Waals surface area contributed by atoms with Crippen LogP contribution in [0.5, 0.6) is 0 Å². The van der Waals surface area contributed by atoms with Gasteiger partial charge in [0.05, 0.1) is 17.8 Å². The minimum absolute atomic E-state index is 0.101. The molecule has 0 atom stereocenters. The van der Waals surface area contributed by atoms with E-state index in [1.54, 1.807) is 4.68 Å². The van der Waals surface area contributed by atoms with Crippen LogP contribution in [0.3, 0.4) is 0 Å². The molecule has 0 saturated heterocycles. The summed E-state index contributed by atoms with van der Waals surface area (Å²) in [6.45, 7) is 4.67. The van der Waals surface area contributed by atoms with Gasteiger partial charge in [-0.05, 0) is 44.1 Å². The van der Waals surface area contributed by atoms with Gasteiger partial charge in [-0.25, -0.2) is 4.68 Å². The third-order valence-electron chi connectivity index (χ3n) is 4.82. The maximum Gasteiger partial charge on any atom is 0.256 e. The number of aromatic nitrogens is 2. The molecule has 128 valence electrons. The quantitative estimate of drug-likeness (QED) is 0.902. The van der Waals surface area contributed by atoms with Crippen LogP contribution in [0.25, 0.3) is 0 Å². The summed E-state index contributed by atoms with van der Waals surface area (Å²) in [6.07, 6.45) is 4.43. The summed E-state index contributed by atoms with van der Waals surface area (Å²) >= 11 is 6.45. The zero-order valence-electron chi connectivity index (χ0n) is 14.3. The summed E-state index contributed by atoms with van der Waals surface area (Å²) < 4.78 is 1.70. The maximum atomic E-state index is 12.7. The monoisotopic (exact) mass is 345 g/mol. The lowest BCUT2D eigenvalue weighted by Crippen LogP contribution is -2.37. The molecule has 0 unspecified atom stereocenters. The fourth-order valence-corrected chi connectivity index (χ4v) is 3.65. The molecule has 1 saturated carbocycles. The van der Waals surface area contributed by atoms with Gasteiger partial charge in [0.15, 0.2) is 0 Å². The van der Waals surface area contributed by atoms with Crippen molar-refractivity contribution in [1.82, 2.24) is 15.1 Å². The highest BCUT2D eigenvalue weighted by Crippen LogP contribution is 2.25. The van der Waals surface area contributed by atoms with Gasteiger partial charge in [0.2, 0.25) is 0 Å². The molecule has 1 aliphatic rings. The Bertz CT molecular complexity index is 703. The Kier molecular flexibility index (Phi) is 5.24. The Morgan fingerprint density at radius 1 is 1.25 bits per heavy atom. The SMILES string of the molecule is Cc1nn(Cc2ccccc2)c(Cl)c1C(=O)NC1CCC(C)CC1. The van der Waals surface area contributed by atoms with Crippen molar-refractivity contribution >= 4 is 17.5 Å². The molecule has 5 heteroatoms. The van der Waals surface area contributed by atoms with E-state index in [2.05, 4.69) is 17.3 Å². The predicted molar refractivity (Wildman–Crippen MR) is 96.4 cm³/mol. The molecule has 2 aromatic rings. The topological polar surface area (TPSA) is 46.9 Å². The van der Waals surface area contributed by atoms with E-state index in [0.29, 0.717) is 23.0 Å². The van der Waals surface area contributed by atoms with E-state index in [-0.39, 0.29) is 11.9 Å². The summed E-state index contributed by atoms with van der Waals surface area (Å²) in [7, 11) is 0. The molecule has 0 spiro atoms. The predicted octanol–water partition coefficient (Wildman–Crippen LogP) is 4.20. The van der Waals surface area contributed by atoms with E-state index < -0.39 is 0 Å². The van der Waals surface area contributed by atoms with Gasteiger partial charge in [0, 0.05) is 6.04 Å². The lowest BCUT2D eigenvalue weighted by molar-refractivity contribution is 0.0922. The first-order chi connectivity index (χ1) is 11.5. The molecule has 1 fully saturated rings. The van der Waals surface area contributed by atoms with Crippen molar-refractivity contribution in [3.05, 3.63) is 52.3 Å². The number of hydrogen-bond acceptors (Lipinski definition) is 2. The van der Waals surface area contributed by atoms with E-state index in [0.717, 1.165) is 24.3 Å². The minimum Gasteiger partial charge on any atom is -0.349 e. The smallest absolute Gasteiger partial charge is 0.256 e. The molecule has 1 aromatic carbocycles. The molecule has 1 N–H and O–H groups in total. The first-order valence-corrected chi connectivity index (χ1v) is 9.00. The van der Waals surface area contributed by atoms with Crippen LogP contribution in [0, 0.1) is 12.8 Å². The standard InChI is InChI=1S/C19H24ClN3O/c1-13-8-10-16(11-9-13)21-19(24)17-14(2)22-23(18(17)20)12-15-6-4-3-5-7-15/h3-7,13,16H,8-12H2,1-2H3,(H,21,24). The van der Waals surface area contributed by atoms with Crippen molar-refractivity contribution in [3.63, 3.8) is 0 Å². The maximum absolute atomic E-state index is 12.7. The number of carbonyl (C=O) groups excluding carboxylic acids is 1. The van der Waals surface area contributed by atoms with E-state index >= 15 is 0 Å². The van der Waals surface area contributed by atoms with Crippen LogP contribution in [0.15, 0.2) is 30.3 Å². The van der Waals surface area contributed by atoms with Crippen LogP contribution in [-0.4, -0.2) is 21.7 Å². The first-order valence-electron chi connectivity index (χ1n) is 8.62. The Hall–Kier alpha value is -1.81. The van der Waals surface area contributed by atoms with Crippen molar-refractivity contribution in [2.45, 2.75) is 52.1 Å². The second-order valence-corrected chi connectivity index (χ2v) is 7.18. The van der Waals surface area contributed by atoms with Gasteiger partial charge >= 0.3 is 0 Å². The summed E-state index contributed by atoms with van der Waals surface area (Å²) in [5.41, 5.74) is 2.29. The summed E-state index contributed by atoms with van der Waals surface area (Å²) in [6, 6.07) is 10.2. The van der Waals surface area contributed by atoms with Crippen LogP contribution < -0.4 is 5.32 Å². The van der Waals surface area contributed by atoms with E-state index in [9.17, 15) is 4.79 Å². The van der Waals surface area contributed by atoms with Crippen molar-refractivity contribution in [1.29, 1.82) is 0 Å². The molecule has 3 rings (SSSR count). The molecular formula is C19H24ClN3O. The number of carbonyl (C=O) groups is 1. The zero-order chi connectivity index (χ0) is 17.1. The average molecular weight is 346 g/mol. The molecule has 0 aliphatic heterocycles. The number of rotatable bonds is 4. The second-order valence-electron chi connectivity index (χ2n) is 6.82. The van der Waals surface area contributed by atoms with E-state index in [4.69, 9.17) is 11.6 Å². The highest BCUT2D eigenvalue weighted by atomic mass is 35.5. The summed E-state index contributed by atoms with van der Waals surface area (Å²) in [5, 5.41) is 8.01. The Morgan fingerprint density at radius 3 is 2.58 bits per heavy atom. The number of nitrogens with one attached hydrogen (secondary N) is 1. The number of benzene rings is 1. The molecule has 1 aromatic heterocycles. The molecular weight excluding hydrogens is 322 g/mol.